The maximum absolute atomic E-state index is 13.1. The summed E-state index contributed by atoms with van der Waals surface area (Å²) in [6.07, 6.45) is 9.82. The number of benzene rings is 1. The van der Waals surface area contributed by atoms with Crippen molar-refractivity contribution in [1.82, 2.24) is 24.8 Å². The average Bonchev–Trinajstić information content (AvgIpc) is 2.80. The summed E-state index contributed by atoms with van der Waals surface area (Å²) in [5.41, 5.74) is 2.53. The summed E-state index contributed by atoms with van der Waals surface area (Å²) in [4.78, 5) is 32.0. The van der Waals surface area contributed by atoms with Crippen LogP contribution in [0.15, 0.2) is 55.2 Å². The average molecular weight is 404 g/mol. The number of anilines is 2. The Bertz CT molecular complexity index is 980. The van der Waals surface area contributed by atoms with Crippen LogP contribution in [0.1, 0.15) is 36.6 Å². The summed E-state index contributed by atoms with van der Waals surface area (Å²) in [7, 11) is 1.63. The van der Waals surface area contributed by atoms with Gasteiger partial charge in [0.2, 0.25) is 11.9 Å². The number of rotatable bonds is 6. The number of methoxy groups -OCH3 is 1. The smallest absolute Gasteiger partial charge is 0.227 e. The van der Waals surface area contributed by atoms with Crippen molar-refractivity contribution in [3.8, 4) is 5.75 Å². The van der Waals surface area contributed by atoms with Crippen molar-refractivity contribution in [3.63, 3.8) is 0 Å². The van der Waals surface area contributed by atoms with Crippen molar-refractivity contribution in [2.24, 2.45) is 0 Å². The van der Waals surface area contributed by atoms with Gasteiger partial charge in [-0.25, -0.2) is 19.9 Å². The lowest BCUT2D eigenvalue weighted by atomic mass is 9.98. The van der Waals surface area contributed by atoms with E-state index in [1.165, 1.54) is 6.33 Å². The molecule has 4 rings (SSSR count). The number of amides is 1. The van der Waals surface area contributed by atoms with Crippen LogP contribution in [0.3, 0.4) is 0 Å². The second kappa shape index (κ2) is 9.30. The van der Waals surface area contributed by atoms with E-state index < -0.39 is 0 Å². The fourth-order valence-electron chi connectivity index (χ4n) is 3.67. The number of carbonyl (C=O) groups excluding carboxylic acids is 1. The summed E-state index contributed by atoms with van der Waals surface area (Å²) >= 11 is 0. The molecule has 3 aromatic rings. The van der Waals surface area contributed by atoms with E-state index in [4.69, 9.17) is 4.74 Å². The van der Waals surface area contributed by atoms with E-state index >= 15 is 0 Å². The Kier molecular flexibility index (Phi) is 6.12. The first-order valence-corrected chi connectivity index (χ1v) is 10.0. The van der Waals surface area contributed by atoms with Gasteiger partial charge in [0.1, 0.15) is 12.1 Å². The summed E-state index contributed by atoms with van der Waals surface area (Å²) < 4.78 is 5.20. The van der Waals surface area contributed by atoms with Crippen molar-refractivity contribution in [2.45, 2.75) is 31.7 Å². The van der Waals surface area contributed by atoms with Gasteiger partial charge in [-0.3, -0.25) is 4.79 Å². The summed E-state index contributed by atoms with van der Waals surface area (Å²) in [5.74, 6) is 1.36. The fraction of sp³-hybridized carbons (Fsp3) is 0.318. The van der Waals surface area contributed by atoms with E-state index in [0.717, 1.165) is 42.8 Å². The third-order valence-electron chi connectivity index (χ3n) is 5.17. The van der Waals surface area contributed by atoms with Crippen LogP contribution in [0.4, 0.5) is 11.6 Å². The molecular formula is C22H24N6O2. The third kappa shape index (κ3) is 4.71. The summed E-state index contributed by atoms with van der Waals surface area (Å²) in [5, 5.41) is 3.12. The first-order valence-electron chi connectivity index (χ1n) is 10.0. The molecule has 0 bridgehead atoms. The van der Waals surface area contributed by atoms with Crippen molar-refractivity contribution in [1.29, 1.82) is 0 Å². The van der Waals surface area contributed by atoms with Crippen LogP contribution < -0.4 is 10.1 Å². The molecular weight excluding hydrogens is 380 g/mol. The highest BCUT2D eigenvalue weighted by atomic mass is 16.5. The van der Waals surface area contributed by atoms with E-state index in [2.05, 4.69) is 25.3 Å². The van der Waals surface area contributed by atoms with Crippen molar-refractivity contribution >= 4 is 17.5 Å². The minimum Gasteiger partial charge on any atom is -0.497 e. The van der Waals surface area contributed by atoms with Crippen LogP contribution >= 0.6 is 0 Å². The molecule has 1 aromatic carbocycles. The molecule has 154 valence electrons. The molecule has 1 fully saturated rings. The molecule has 1 N–H and O–H groups in total. The Morgan fingerprint density at radius 2 is 1.97 bits per heavy atom. The van der Waals surface area contributed by atoms with E-state index in [9.17, 15) is 4.79 Å². The number of ether oxygens (including phenoxy) is 1. The highest BCUT2D eigenvalue weighted by Gasteiger charge is 2.29. The molecule has 0 spiro atoms. The number of hydrogen-bond donors (Lipinski definition) is 1. The molecule has 1 aliphatic rings. The van der Waals surface area contributed by atoms with Gasteiger partial charge < -0.3 is 15.0 Å². The van der Waals surface area contributed by atoms with Gasteiger partial charge in [0.25, 0.3) is 0 Å². The number of hydrogen-bond acceptors (Lipinski definition) is 7. The van der Waals surface area contributed by atoms with Crippen LogP contribution in [0.25, 0.3) is 0 Å². The van der Waals surface area contributed by atoms with Crippen LogP contribution in [-0.2, 0) is 11.2 Å². The van der Waals surface area contributed by atoms with Crippen LogP contribution in [0, 0.1) is 0 Å². The maximum atomic E-state index is 13.1. The molecule has 8 nitrogen and oxygen atoms in total. The van der Waals surface area contributed by atoms with E-state index in [-0.39, 0.29) is 11.9 Å². The Morgan fingerprint density at radius 3 is 2.73 bits per heavy atom. The summed E-state index contributed by atoms with van der Waals surface area (Å²) in [6, 6.07) is 9.46. The zero-order valence-corrected chi connectivity index (χ0v) is 16.9. The molecule has 1 aliphatic heterocycles. The van der Waals surface area contributed by atoms with Crippen molar-refractivity contribution in [2.75, 3.05) is 19.0 Å². The van der Waals surface area contributed by atoms with Gasteiger partial charge in [0.15, 0.2) is 0 Å². The Balaban J connectivity index is 1.50. The van der Waals surface area contributed by atoms with Gasteiger partial charge in [-0.05, 0) is 43.0 Å². The standard InChI is InChI=1S/C22H24N6O2/c1-30-18-7-5-16(6-8-18)12-21(29)28-11-3-2-4-20(28)19-9-10-25-22(27-19)26-17-13-23-15-24-14-17/h5-10,13-15,20H,2-4,11-12H2,1H3,(H,25,26,27)/t20-/m1/s1. The Hall–Kier alpha value is -3.55. The zero-order chi connectivity index (χ0) is 20.8. The molecule has 1 saturated heterocycles. The number of likely N-dealkylation sites (tertiary alicyclic amines) is 1. The predicted molar refractivity (Wildman–Crippen MR) is 112 cm³/mol. The molecule has 8 heteroatoms. The second-order valence-electron chi connectivity index (χ2n) is 7.18. The van der Waals surface area contributed by atoms with Crippen molar-refractivity contribution < 1.29 is 9.53 Å². The number of carbonyl (C=O) groups is 1. The number of nitrogens with one attached hydrogen (secondary N) is 1. The van der Waals surface area contributed by atoms with Gasteiger partial charge in [0, 0.05) is 12.7 Å². The molecule has 3 heterocycles. The molecule has 1 amide bonds. The largest absolute Gasteiger partial charge is 0.497 e. The lowest BCUT2D eigenvalue weighted by Crippen LogP contribution is -2.39. The minimum absolute atomic E-state index is 0.0555. The molecule has 0 aliphatic carbocycles. The van der Waals surface area contributed by atoms with Crippen LogP contribution in [0.5, 0.6) is 5.75 Å². The van der Waals surface area contributed by atoms with Gasteiger partial charge in [-0.1, -0.05) is 12.1 Å². The lowest BCUT2D eigenvalue weighted by Gasteiger charge is -2.35. The van der Waals surface area contributed by atoms with Gasteiger partial charge in [0.05, 0.1) is 43.3 Å². The quantitative estimate of drug-likeness (QED) is 0.674. The monoisotopic (exact) mass is 404 g/mol. The first-order chi connectivity index (χ1) is 14.7. The SMILES string of the molecule is COc1ccc(CC(=O)N2CCCC[C@@H]2c2ccnc(Nc3cncnc3)n2)cc1. The maximum Gasteiger partial charge on any atom is 0.227 e. The molecule has 1 atom stereocenters. The number of piperidine rings is 1. The summed E-state index contributed by atoms with van der Waals surface area (Å²) in [6.45, 7) is 0.735. The van der Waals surface area contributed by atoms with E-state index in [0.29, 0.717) is 18.1 Å². The highest BCUT2D eigenvalue weighted by Crippen LogP contribution is 2.31. The third-order valence-corrected chi connectivity index (χ3v) is 5.17. The predicted octanol–water partition coefficient (Wildman–Crippen LogP) is 3.32. The highest BCUT2D eigenvalue weighted by molar-refractivity contribution is 5.79. The van der Waals surface area contributed by atoms with E-state index in [1.54, 1.807) is 25.7 Å². The molecule has 0 saturated carbocycles. The van der Waals surface area contributed by atoms with Gasteiger partial charge in [-0.15, -0.1) is 0 Å². The molecule has 0 unspecified atom stereocenters. The second-order valence-corrected chi connectivity index (χ2v) is 7.18. The topological polar surface area (TPSA) is 93.1 Å². The van der Waals surface area contributed by atoms with E-state index in [1.807, 2.05) is 35.2 Å². The molecule has 0 radical (unpaired) electrons. The van der Waals surface area contributed by atoms with Crippen molar-refractivity contribution in [3.05, 3.63) is 66.5 Å². The van der Waals surface area contributed by atoms with Gasteiger partial charge in [-0.2, -0.15) is 0 Å². The number of nitrogens with zero attached hydrogens (tertiary/aromatic N) is 5. The zero-order valence-electron chi connectivity index (χ0n) is 16.9. The van der Waals surface area contributed by atoms with Crippen LogP contribution in [-0.4, -0.2) is 44.4 Å². The molecule has 30 heavy (non-hydrogen) atoms. The fourth-order valence-corrected chi connectivity index (χ4v) is 3.67. The minimum atomic E-state index is -0.0555. The Labute approximate surface area is 175 Å². The first kappa shape index (κ1) is 19.8. The normalized spacial score (nSPS) is 16.2. The molecule has 2 aromatic heterocycles. The van der Waals surface area contributed by atoms with Gasteiger partial charge >= 0.3 is 0 Å². The lowest BCUT2D eigenvalue weighted by molar-refractivity contribution is -0.134. The Morgan fingerprint density at radius 1 is 1.17 bits per heavy atom. The number of aromatic nitrogens is 4. The van der Waals surface area contributed by atoms with Crippen LogP contribution in [0.2, 0.25) is 0 Å².